The van der Waals surface area contributed by atoms with E-state index in [4.69, 9.17) is 9.63 Å². The van der Waals surface area contributed by atoms with E-state index in [1.165, 1.54) is 12.3 Å². The molecule has 0 saturated carbocycles. The number of aryl methyl sites for hydroxylation is 1. The predicted octanol–water partition coefficient (Wildman–Crippen LogP) is 0.926. The Morgan fingerprint density at radius 3 is 3.00 bits per heavy atom. The monoisotopic (exact) mass is 207 g/mol. The van der Waals surface area contributed by atoms with Gasteiger partial charge in [-0.25, -0.2) is 4.79 Å². The van der Waals surface area contributed by atoms with Gasteiger partial charge in [-0.3, -0.25) is 0 Å². The third-order valence-electron chi connectivity index (χ3n) is 1.89. The van der Waals surface area contributed by atoms with Gasteiger partial charge in [0.1, 0.15) is 0 Å². The fourth-order valence-corrected chi connectivity index (χ4v) is 1.23. The van der Waals surface area contributed by atoms with E-state index in [1.54, 1.807) is 17.7 Å². The van der Waals surface area contributed by atoms with E-state index in [0.717, 1.165) is 0 Å². The average molecular weight is 207 g/mol. The quantitative estimate of drug-likeness (QED) is 0.809. The minimum absolute atomic E-state index is 0.246. The molecule has 6 heteroatoms. The van der Waals surface area contributed by atoms with E-state index in [2.05, 4.69) is 10.1 Å². The average Bonchev–Trinajstić information content (AvgIpc) is 2.76. The van der Waals surface area contributed by atoms with Crippen molar-refractivity contribution in [2.75, 3.05) is 0 Å². The lowest BCUT2D eigenvalue weighted by Gasteiger charge is -1.95. The summed E-state index contributed by atoms with van der Waals surface area (Å²) in [6, 6.07) is 1.52. The smallest absolute Gasteiger partial charge is 0.337 e. The van der Waals surface area contributed by atoms with Gasteiger partial charge in [-0.05, 0) is 6.07 Å². The van der Waals surface area contributed by atoms with Crippen LogP contribution in [0.4, 0.5) is 0 Å². The molecule has 0 fully saturated rings. The van der Waals surface area contributed by atoms with Gasteiger partial charge in [-0.2, -0.15) is 4.98 Å². The summed E-state index contributed by atoms with van der Waals surface area (Å²) < 4.78 is 6.49. The Morgan fingerprint density at radius 1 is 1.67 bits per heavy atom. The predicted molar refractivity (Wildman–Crippen MR) is 49.5 cm³/mol. The van der Waals surface area contributed by atoms with Crippen molar-refractivity contribution >= 4 is 5.97 Å². The molecule has 0 atom stereocenters. The number of nitrogens with zero attached hydrogens (tertiary/aromatic N) is 3. The first-order chi connectivity index (χ1) is 7.15. The first kappa shape index (κ1) is 9.45. The molecule has 0 bridgehead atoms. The van der Waals surface area contributed by atoms with Gasteiger partial charge in [0.2, 0.25) is 5.89 Å². The van der Waals surface area contributed by atoms with E-state index >= 15 is 0 Å². The van der Waals surface area contributed by atoms with Crippen LogP contribution in [0.5, 0.6) is 0 Å². The molecule has 6 nitrogen and oxygen atoms in total. The summed E-state index contributed by atoms with van der Waals surface area (Å²) in [5.74, 6) is 0.0775. The van der Waals surface area contributed by atoms with Crippen LogP contribution in [-0.4, -0.2) is 25.8 Å². The van der Waals surface area contributed by atoms with Gasteiger partial charge in [0.15, 0.2) is 5.82 Å². The minimum atomic E-state index is -0.946. The van der Waals surface area contributed by atoms with Crippen LogP contribution in [0.15, 0.2) is 23.0 Å². The molecule has 0 unspecified atom stereocenters. The molecule has 0 spiro atoms. The van der Waals surface area contributed by atoms with Crippen molar-refractivity contribution in [1.82, 2.24) is 14.7 Å². The second kappa shape index (κ2) is 3.56. The van der Waals surface area contributed by atoms with Crippen LogP contribution in [0.2, 0.25) is 0 Å². The van der Waals surface area contributed by atoms with E-state index < -0.39 is 5.97 Å². The summed E-state index contributed by atoms with van der Waals surface area (Å²) >= 11 is 0. The molecule has 0 aliphatic rings. The van der Waals surface area contributed by atoms with Crippen molar-refractivity contribution < 1.29 is 14.4 Å². The van der Waals surface area contributed by atoms with Crippen LogP contribution in [0, 0.1) is 6.92 Å². The zero-order chi connectivity index (χ0) is 10.8. The Balaban J connectivity index is 2.14. The maximum Gasteiger partial charge on any atom is 0.337 e. The lowest BCUT2D eigenvalue weighted by Crippen LogP contribution is -1.99. The maximum atomic E-state index is 10.6. The van der Waals surface area contributed by atoms with E-state index in [1.807, 2.05) is 0 Å². The highest BCUT2D eigenvalue weighted by atomic mass is 16.5. The molecule has 15 heavy (non-hydrogen) atoms. The number of hydrogen-bond acceptors (Lipinski definition) is 4. The van der Waals surface area contributed by atoms with Crippen molar-refractivity contribution in [3.05, 3.63) is 35.7 Å². The normalized spacial score (nSPS) is 10.5. The fraction of sp³-hybridized carbons (Fsp3) is 0.222. The largest absolute Gasteiger partial charge is 0.478 e. The molecule has 0 aliphatic carbocycles. The van der Waals surface area contributed by atoms with Crippen LogP contribution in [-0.2, 0) is 6.54 Å². The highest BCUT2D eigenvalue weighted by molar-refractivity contribution is 5.87. The van der Waals surface area contributed by atoms with Crippen molar-refractivity contribution in [2.24, 2.45) is 0 Å². The number of rotatable bonds is 3. The van der Waals surface area contributed by atoms with Gasteiger partial charge in [-0.15, -0.1) is 0 Å². The Bertz CT molecular complexity index is 486. The molecule has 0 amide bonds. The van der Waals surface area contributed by atoms with Crippen LogP contribution < -0.4 is 0 Å². The van der Waals surface area contributed by atoms with Crippen LogP contribution >= 0.6 is 0 Å². The molecule has 0 aromatic carbocycles. The number of carboxylic acid groups (broad SMARTS) is 1. The maximum absolute atomic E-state index is 10.6. The van der Waals surface area contributed by atoms with Gasteiger partial charge in [0, 0.05) is 19.3 Å². The molecule has 2 heterocycles. The first-order valence-electron chi connectivity index (χ1n) is 4.33. The summed E-state index contributed by atoms with van der Waals surface area (Å²) in [6.45, 7) is 2.11. The van der Waals surface area contributed by atoms with Gasteiger partial charge >= 0.3 is 5.97 Å². The Labute approximate surface area is 85.1 Å². The molecule has 0 radical (unpaired) electrons. The van der Waals surface area contributed by atoms with Crippen molar-refractivity contribution in [1.29, 1.82) is 0 Å². The van der Waals surface area contributed by atoms with Crippen molar-refractivity contribution in [3.63, 3.8) is 0 Å². The van der Waals surface area contributed by atoms with Crippen LogP contribution in [0.3, 0.4) is 0 Å². The zero-order valence-corrected chi connectivity index (χ0v) is 8.04. The van der Waals surface area contributed by atoms with Crippen LogP contribution in [0.25, 0.3) is 0 Å². The van der Waals surface area contributed by atoms with E-state index in [-0.39, 0.29) is 5.56 Å². The van der Waals surface area contributed by atoms with Gasteiger partial charge in [0.25, 0.3) is 0 Å². The molecule has 0 saturated heterocycles. The Hall–Kier alpha value is -2.11. The zero-order valence-electron chi connectivity index (χ0n) is 8.04. The number of carboxylic acids is 1. The highest BCUT2D eigenvalue weighted by Crippen LogP contribution is 2.04. The summed E-state index contributed by atoms with van der Waals surface area (Å²) in [6.07, 6.45) is 3.18. The van der Waals surface area contributed by atoms with Gasteiger partial charge in [0.05, 0.1) is 12.1 Å². The summed E-state index contributed by atoms with van der Waals surface area (Å²) in [5.41, 5.74) is 0.246. The van der Waals surface area contributed by atoms with E-state index in [9.17, 15) is 4.79 Å². The third-order valence-corrected chi connectivity index (χ3v) is 1.89. The molecular weight excluding hydrogens is 198 g/mol. The number of aromatic nitrogens is 3. The van der Waals surface area contributed by atoms with Crippen molar-refractivity contribution in [3.8, 4) is 0 Å². The van der Waals surface area contributed by atoms with E-state index in [0.29, 0.717) is 18.3 Å². The third kappa shape index (κ3) is 2.04. The Morgan fingerprint density at radius 2 is 2.47 bits per heavy atom. The molecule has 0 aliphatic heterocycles. The van der Waals surface area contributed by atoms with Gasteiger partial charge < -0.3 is 14.2 Å². The number of hydrogen-bond donors (Lipinski definition) is 1. The molecule has 2 rings (SSSR count). The summed E-state index contributed by atoms with van der Waals surface area (Å²) in [4.78, 5) is 14.6. The molecular formula is C9H9N3O3. The lowest BCUT2D eigenvalue weighted by atomic mass is 10.4. The second-order valence-electron chi connectivity index (χ2n) is 3.11. The second-order valence-corrected chi connectivity index (χ2v) is 3.11. The first-order valence-corrected chi connectivity index (χ1v) is 4.33. The standard InChI is InChI=1S/C9H9N3O3/c1-6-10-8(11-15-6)5-12-3-2-7(4-12)9(13)14/h2-4H,5H2,1H3,(H,13,14). The number of carbonyl (C=O) groups is 1. The number of aromatic carboxylic acids is 1. The molecule has 2 aromatic rings. The van der Waals surface area contributed by atoms with Crippen molar-refractivity contribution in [2.45, 2.75) is 13.5 Å². The topological polar surface area (TPSA) is 81.2 Å². The SMILES string of the molecule is Cc1nc(Cn2ccc(C(=O)O)c2)no1. The fourth-order valence-electron chi connectivity index (χ4n) is 1.23. The lowest BCUT2D eigenvalue weighted by molar-refractivity contribution is 0.0697. The summed E-state index contributed by atoms with van der Waals surface area (Å²) in [5, 5.41) is 12.4. The minimum Gasteiger partial charge on any atom is -0.478 e. The molecule has 78 valence electrons. The van der Waals surface area contributed by atoms with Crippen LogP contribution in [0.1, 0.15) is 22.1 Å². The Kier molecular flexibility index (Phi) is 2.24. The summed E-state index contributed by atoms with van der Waals surface area (Å²) in [7, 11) is 0. The molecule has 1 N–H and O–H groups in total. The molecule has 2 aromatic heterocycles. The highest BCUT2D eigenvalue weighted by Gasteiger charge is 2.07. The van der Waals surface area contributed by atoms with Gasteiger partial charge in [-0.1, -0.05) is 5.16 Å².